The van der Waals surface area contributed by atoms with Crippen molar-refractivity contribution in [1.29, 1.82) is 5.26 Å². The lowest BCUT2D eigenvalue weighted by Gasteiger charge is -2.01. The number of nitriles is 1. The average Bonchev–Trinajstić information content (AvgIpc) is 1.98. The van der Waals surface area contributed by atoms with Gasteiger partial charge >= 0.3 is 0 Å². The number of hydrogen-bond acceptors (Lipinski definition) is 3. The van der Waals surface area contributed by atoms with Crippen LogP contribution in [0.2, 0.25) is 0 Å². The predicted molar refractivity (Wildman–Crippen MR) is 47.5 cm³/mol. The Bertz CT molecular complexity index is 215. The average molecular weight is 167 g/mol. The minimum Gasteiger partial charge on any atom is -0.497 e. The molecule has 0 aliphatic carbocycles. The molecule has 0 amide bonds. The summed E-state index contributed by atoms with van der Waals surface area (Å²) in [6.45, 7) is 8.11. The van der Waals surface area contributed by atoms with E-state index in [1.165, 1.54) is 0 Å². The highest BCUT2D eigenvalue weighted by Crippen LogP contribution is 1.88. The molecule has 66 valence electrons. The van der Waals surface area contributed by atoms with Gasteiger partial charge in [0.1, 0.15) is 12.4 Å². The van der Waals surface area contributed by atoms with Gasteiger partial charge in [-0.25, -0.2) is 0 Å². The highest BCUT2D eigenvalue weighted by atomic mass is 16.5. The molecule has 4 heteroatoms. The second-order valence-corrected chi connectivity index (χ2v) is 2.25. The Morgan fingerprint density at radius 1 is 1.67 bits per heavy atom. The van der Waals surface area contributed by atoms with Crippen LogP contribution in [0.25, 0.3) is 0 Å². The third-order valence-corrected chi connectivity index (χ3v) is 1.03. The molecule has 0 heterocycles. The molecule has 12 heavy (non-hydrogen) atoms. The zero-order chi connectivity index (χ0) is 9.40. The first-order valence-electron chi connectivity index (χ1n) is 3.61. The van der Waals surface area contributed by atoms with E-state index in [2.05, 4.69) is 16.9 Å². The van der Waals surface area contributed by atoms with E-state index in [4.69, 9.17) is 10.00 Å². The Labute approximate surface area is 72.6 Å². The SMILES string of the molecule is C=C(C)OCCN=C(C)NC#N. The maximum atomic E-state index is 8.19. The van der Waals surface area contributed by atoms with Crippen molar-refractivity contribution in [2.75, 3.05) is 13.2 Å². The van der Waals surface area contributed by atoms with Crippen LogP contribution in [0.15, 0.2) is 17.3 Å². The maximum Gasteiger partial charge on any atom is 0.182 e. The zero-order valence-corrected chi connectivity index (χ0v) is 7.42. The van der Waals surface area contributed by atoms with Gasteiger partial charge in [-0.05, 0) is 13.8 Å². The van der Waals surface area contributed by atoms with Crippen molar-refractivity contribution in [3.8, 4) is 6.19 Å². The van der Waals surface area contributed by atoms with E-state index in [1.54, 1.807) is 20.0 Å². The molecule has 0 saturated carbocycles. The maximum absolute atomic E-state index is 8.19. The number of aliphatic imine (C=N–C) groups is 1. The number of hydrogen-bond donors (Lipinski definition) is 1. The summed E-state index contributed by atoms with van der Waals surface area (Å²) in [7, 11) is 0. The van der Waals surface area contributed by atoms with Crippen LogP contribution in [0.4, 0.5) is 0 Å². The standard InChI is InChI=1S/C8H13N3O/c1-7(2)12-5-4-10-8(3)11-6-9/h1,4-5H2,2-3H3,(H,10,11). The number of ether oxygens (including phenoxy) is 1. The van der Waals surface area contributed by atoms with Gasteiger partial charge in [0.05, 0.1) is 12.3 Å². The smallest absolute Gasteiger partial charge is 0.182 e. The van der Waals surface area contributed by atoms with Gasteiger partial charge in [-0.3, -0.25) is 10.3 Å². The van der Waals surface area contributed by atoms with Crippen LogP contribution in [-0.2, 0) is 4.74 Å². The van der Waals surface area contributed by atoms with Crippen LogP contribution in [0, 0.1) is 11.5 Å². The van der Waals surface area contributed by atoms with E-state index < -0.39 is 0 Å². The van der Waals surface area contributed by atoms with Crippen molar-refractivity contribution in [1.82, 2.24) is 5.32 Å². The first-order chi connectivity index (χ1) is 5.66. The first kappa shape index (κ1) is 10.5. The van der Waals surface area contributed by atoms with Gasteiger partial charge in [0.2, 0.25) is 0 Å². The lowest BCUT2D eigenvalue weighted by atomic mass is 10.6. The van der Waals surface area contributed by atoms with E-state index in [9.17, 15) is 0 Å². The topological polar surface area (TPSA) is 57.4 Å². The fraction of sp³-hybridized carbons (Fsp3) is 0.500. The Morgan fingerprint density at radius 2 is 2.33 bits per heavy atom. The summed E-state index contributed by atoms with van der Waals surface area (Å²) in [5.74, 6) is 1.28. The molecule has 0 spiro atoms. The molecule has 0 aromatic heterocycles. The van der Waals surface area contributed by atoms with E-state index in [-0.39, 0.29) is 0 Å². The lowest BCUT2D eigenvalue weighted by molar-refractivity contribution is 0.225. The molecule has 1 N–H and O–H groups in total. The van der Waals surface area contributed by atoms with E-state index in [0.29, 0.717) is 24.7 Å². The van der Waals surface area contributed by atoms with Crippen LogP contribution in [0.1, 0.15) is 13.8 Å². The van der Waals surface area contributed by atoms with Gasteiger partial charge in [-0.2, -0.15) is 5.26 Å². The normalized spacial score (nSPS) is 10.2. The van der Waals surface area contributed by atoms with Gasteiger partial charge in [0, 0.05) is 0 Å². The fourth-order valence-corrected chi connectivity index (χ4v) is 0.554. The summed E-state index contributed by atoms with van der Waals surface area (Å²) in [5, 5.41) is 10.6. The number of nitrogens with one attached hydrogen (secondary N) is 1. The molecule has 4 nitrogen and oxygen atoms in total. The van der Waals surface area contributed by atoms with Crippen LogP contribution in [0.5, 0.6) is 0 Å². The summed E-state index contributed by atoms with van der Waals surface area (Å²) < 4.78 is 5.06. The summed E-state index contributed by atoms with van der Waals surface area (Å²) in [4.78, 5) is 4.00. The van der Waals surface area contributed by atoms with Crippen LogP contribution >= 0.6 is 0 Å². The molecular formula is C8H13N3O. The van der Waals surface area contributed by atoms with Gasteiger partial charge in [0.25, 0.3) is 0 Å². The van der Waals surface area contributed by atoms with Crippen molar-refractivity contribution in [2.45, 2.75) is 13.8 Å². The monoisotopic (exact) mass is 167 g/mol. The molecule has 0 saturated heterocycles. The van der Waals surface area contributed by atoms with Crippen molar-refractivity contribution in [2.24, 2.45) is 4.99 Å². The van der Waals surface area contributed by atoms with Crippen LogP contribution in [0.3, 0.4) is 0 Å². The minimum atomic E-state index is 0.500. The van der Waals surface area contributed by atoms with Crippen molar-refractivity contribution in [3.05, 3.63) is 12.3 Å². The van der Waals surface area contributed by atoms with Crippen LogP contribution < -0.4 is 5.32 Å². The molecule has 0 bridgehead atoms. The molecule has 0 fully saturated rings. The molecule has 0 atom stereocenters. The third kappa shape index (κ3) is 6.62. The molecule has 0 aromatic rings. The second kappa shape index (κ2) is 6.23. The molecule has 0 aromatic carbocycles. The van der Waals surface area contributed by atoms with E-state index >= 15 is 0 Å². The molecule has 0 aliphatic heterocycles. The minimum absolute atomic E-state index is 0.500. The third-order valence-electron chi connectivity index (χ3n) is 1.03. The lowest BCUT2D eigenvalue weighted by Crippen LogP contribution is -2.14. The van der Waals surface area contributed by atoms with E-state index in [1.807, 2.05) is 0 Å². The summed E-state index contributed by atoms with van der Waals surface area (Å²) in [6.07, 6.45) is 1.78. The number of allylic oxidation sites excluding steroid dienone is 1. The predicted octanol–water partition coefficient (Wildman–Crippen LogP) is 1.03. The van der Waals surface area contributed by atoms with E-state index in [0.717, 1.165) is 0 Å². The quantitative estimate of drug-likeness (QED) is 0.170. The Balaban J connectivity index is 3.47. The van der Waals surface area contributed by atoms with Gasteiger partial charge in [0.15, 0.2) is 6.19 Å². The highest BCUT2D eigenvalue weighted by Gasteiger charge is 1.87. The van der Waals surface area contributed by atoms with Gasteiger partial charge in [-0.15, -0.1) is 0 Å². The van der Waals surface area contributed by atoms with Crippen molar-refractivity contribution < 1.29 is 4.74 Å². The zero-order valence-electron chi connectivity index (χ0n) is 7.42. The summed E-state index contributed by atoms with van der Waals surface area (Å²) in [6, 6.07) is 0. The largest absolute Gasteiger partial charge is 0.497 e. The molecule has 0 rings (SSSR count). The Hall–Kier alpha value is -1.50. The molecular weight excluding hydrogens is 154 g/mol. The van der Waals surface area contributed by atoms with Gasteiger partial charge in [-0.1, -0.05) is 6.58 Å². The Morgan fingerprint density at radius 3 is 2.83 bits per heavy atom. The molecule has 0 unspecified atom stereocenters. The fourth-order valence-electron chi connectivity index (χ4n) is 0.554. The number of rotatable bonds is 4. The molecule has 0 aliphatic rings. The molecule has 0 radical (unpaired) electrons. The van der Waals surface area contributed by atoms with Crippen LogP contribution in [-0.4, -0.2) is 19.0 Å². The summed E-state index contributed by atoms with van der Waals surface area (Å²) >= 11 is 0. The second-order valence-electron chi connectivity index (χ2n) is 2.25. The van der Waals surface area contributed by atoms with Gasteiger partial charge < -0.3 is 4.74 Å². The Kier molecular flexibility index (Phi) is 5.45. The summed E-state index contributed by atoms with van der Waals surface area (Å²) in [5.41, 5.74) is 0. The van der Waals surface area contributed by atoms with Crippen molar-refractivity contribution in [3.63, 3.8) is 0 Å². The number of nitrogens with zero attached hydrogens (tertiary/aromatic N) is 2. The highest BCUT2D eigenvalue weighted by molar-refractivity contribution is 5.80. The van der Waals surface area contributed by atoms with Crippen molar-refractivity contribution >= 4 is 5.84 Å². The number of amidine groups is 1. The first-order valence-corrected chi connectivity index (χ1v) is 3.61.